The molecule has 1 aliphatic heterocycles. The van der Waals surface area contributed by atoms with Crippen LogP contribution in [0.25, 0.3) is 0 Å². The van der Waals surface area contributed by atoms with Crippen LogP contribution in [-0.2, 0) is 14.8 Å². The molecule has 1 fully saturated rings. The molecule has 1 atom stereocenters. The van der Waals surface area contributed by atoms with Crippen LogP contribution in [0.1, 0.15) is 51.5 Å². The van der Waals surface area contributed by atoms with Gasteiger partial charge in [-0.3, -0.25) is 4.79 Å². The second-order valence-corrected chi connectivity index (χ2v) is 9.53. The number of carbonyl (C=O) groups is 1. The maximum Gasteiger partial charge on any atom is 0.248 e. The summed E-state index contributed by atoms with van der Waals surface area (Å²) >= 11 is 0. The van der Waals surface area contributed by atoms with E-state index in [1.165, 1.54) is 4.31 Å². The second-order valence-electron chi connectivity index (χ2n) is 7.66. The van der Waals surface area contributed by atoms with E-state index in [9.17, 15) is 13.2 Å². The molecular weight excluding hydrogens is 354 g/mol. The summed E-state index contributed by atoms with van der Waals surface area (Å²) < 4.78 is 32.2. The molecule has 0 aliphatic carbocycles. The number of sulfonamides is 1. The van der Waals surface area contributed by atoms with Gasteiger partial charge in [0, 0.05) is 25.6 Å². The molecule has 0 saturated carbocycles. The van der Waals surface area contributed by atoms with Crippen molar-refractivity contribution >= 4 is 15.9 Å². The fourth-order valence-corrected chi connectivity index (χ4v) is 5.21. The van der Waals surface area contributed by atoms with Gasteiger partial charge in [0.2, 0.25) is 15.9 Å². The van der Waals surface area contributed by atoms with Gasteiger partial charge in [0.05, 0.1) is 0 Å². The number of nitrogens with zero attached hydrogens (tertiary/aromatic N) is 2. The molecule has 1 amide bonds. The molecule has 7 nitrogen and oxygen atoms in total. The monoisotopic (exact) mass is 385 g/mol. The summed E-state index contributed by atoms with van der Waals surface area (Å²) in [5, 5.41) is 6.75. The quantitative estimate of drug-likeness (QED) is 0.778. The van der Waals surface area contributed by atoms with Gasteiger partial charge in [0.1, 0.15) is 10.6 Å². The lowest BCUT2D eigenvalue weighted by Gasteiger charge is -2.33. The third kappa shape index (κ3) is 4.65. The smallest absolute Gasteiger partial charge is 0.248 e. The molecule has 1 aromatic heterocycles. The number of carbonyl (C=O) groups excluding carboxylic acids is 1. The van der Waals surface area contributed by atoms with Crippen LogP contribution in [0.2, 0.25) is 0 Å². The van der Waals surface area contributed by atoms with Crippen molar-refractivity contribution in [2.45, 2.75) is 58.8 Å². The highest BCUT2D eigenvalue weighted by atomic mass is 32.2. The number of rotatable bonds is 7. The highest BCUT2D eigenvalue weighted by Gasteiger charge is 2.36. The van der Waals surface area contributed by atoms with Crippen LogP contribution in [0.15, 0.2) is 9.42 Å². The molecule has 1 aliphatic rings. The van der Waals surface area contributed by atoms with Crippen LogP contribution < -0.4 is 5.32 Å². The van der Waals surface area contributed by atoms with E-state index in [2.05, 4.69) is 24.3 Å². The summed E-state index contributed by atoms with van der Waals surface area (Å²) in [7, 11) is -3.60. The van der Waals surface area contributed by atoms with Gasteiger partial charge in [0.15, 0.2) is 5.76 Å². The summed E-state index contributed by atoms with van der Waals surface area (Å²) in [5.41, 5.74) is 0.391. The predicted octanol–water partition coefficient (Wildman–Crippen LogP) is 2.49. The molecule has 1 N–H and O–H groups in total. The zero-order valence-corrected chi connectivity index (χ0v) is 17.2. The number of aromatic nitrogens is 1. The Labute approximate surface area is 156 Å². The van der Waals surface area contributed by atoms with Crippen molar-refractivity contribution in [1.29, 1.82) is 0 Å². The van der Waals surface area contributed by atoms with Crippen LogP contribution in [0, 0.1) is 31.6 Å². The topological polar surface area (TPSA) is 92.5 Å². The van der Waals surface area contributed by atoms with Crippen LogP contribution in [0.4, 0.5) is 0 Å². The van der Waals surface area contributed by atoms with Crippen molar-refractivity contribution in [3.63, 3.8) is 0 Å². The fourth-order valence-electron chi connectivity index (χ4n) is 3.45. The highest BCUT2D eigenvalue weighted by Crippen LogP contribution is 2.30. The van der Waals surface area contributed by atoms with Gasteiger partial charge < -0.3 is 9.84 Å². The Hall–Kier alpha value is -1.41. The molecule has 0 aromatic carbocycles. The van der Waals surface area contributed by atoms with Gasteiger partial charge in [0.25, 0.3) is 0 Å². The molecule has 1 aromatic rings. The first-order chi connectivity index (χ1) is 12.1. The van der Waals surface area contributed by atoms with E-state index in [4.69, 9.17) is 4.52 Å². The van der Waals surface area contributed by atoms with Gasteiger partial charge in [-0.2, -0.15) is 4.31 Å². The largest absolute Gasteiger partial charge is 0.360 e. The zero-order chi connectivity index (χ0) is 19.5. The average molecular weight is 386 g/mol. The van der Waals surface area contributed by atoms with E-state index < -0.39 is 10.0 Å². The minimum atomic E-state index is -3.60. The Balaban J connectivity index is 1.93. The summed E-state index contributed by atoms with van der Waals surface area (Å²) in [6.45, 7) is 11.0. The molecule has 148 valence electrons. The minimum Gasteiger partial charge on any atom is -0.360 e. The molecular formula is C18H31N3O4S. The van der Waals surface area contributed by atoms with Crippen molar-refractivity contribution in [3.8, 4) is 0 Å². The molecule has 1 unspecified atom stereocenters. The van der Waals surface area contributed by atoms with Gasteiger partial charge in [-0.15, -0.1) is 0 Å². The number of piperidine rings is 1. The van der Waals surface area contributed by atoms with E-state index in [1.54, 1.807) is 13.8 Å². The molecule has 1 saturated heterocycles. The first-order valence-corrected chi connectivity index (χ1v) is 10.8. The lowest BCUT2D eigenvalue weighted by Crippen LogP contribution is -2.43. The maximum atomic E-state index is 12.9. The zero-order valence-electron chi connectivity index (χ0n) is 16.4. The van der Waals surface area contributed by atoms with Crippen molar-refractivity contribution in [2.24, 2.45) is 17.8 Å². The van der Waals surface area contributed by atoms with Gasteiger partial charge in [-0.05, 0) is 44.9 Å². The minimum absolute atomic E-state index is 0.0673. The standard InChI is InChI=1S/C18H31N3O4S/c1-12(2)6-9-19-18(22)13(3)16-7-10-21(11-8-16)26(23,24)17-14(4)20-25-15(17)5/h12-13,16H,6-11H2,1-5H3,(H,19,22). The second kappa shape index (κ2) is 8.52. The summed E-state index contributed by atoms with van der Waals surface area (Å²) in [4.78, 5) is 12.5. The molecule has 8 heteroatoms. The van der Waals surface area contributed by atoms with Crippen LogP contribution in [0.3, 0.4) is 0 Å². The first kappa shape index (κ1) is 20.9. The highest BCUT2D eigenvalue weighted by molar-refractivity contribution is 7.89. The number of aryl methyl sites for hydroxylation is 2. The number of amides is 1. The van der Waals surface area contributed by atoms with Crippen molar-refractivity contribution in [3.05, 3.63) is 11.5 Å². The maximum absolute atomic E-state index is 12.9. The van der Waals surface area contributed by atoms with E-state index in [1.807, 2.05) is 6.92 Å². The van der Waals surface area contributed by atoms with Crippen molar-refractivity contribution < 1.29 is 17.7 Å². The van der Waals surface area contributed by atoms with Gasteiger partial charge in [-0.1, -0.05) is 25.9 Å². The van der Waals surface area contributed by atoms with Crippen molar-refractivity contribution in [1.82, 2.24) is 14.8 Å². The summed E-state index contributed by atoms with van der Waals surface area (Å²) in [6.07, 6.45) is 2.33. The van der Waals surface area contributed by atoms with E-state index in [0.717, 1.165) is 6.42 Å². The number of nitrogens with one attached hydrogen (secondary N) is 1. The Kier molecular flexibility index (Phi) is 6.85. The Morgan fingerprint density at radius 2 is 1.88 bits per heavy atom. The van der Waals surface area contributed by atoms with Gasteiger partial charge >= 0.3 is 0 Å². The molecule has 0 spiro atoms. The van der Waals surface area contributed by atoms with E-state index in [0.29, 0.717) is 49.8 Å². The third-order valence-corrected chi connectivity index (χ3v) is 7.35. The Bertz CT molecular complexity index is 699. The summed E-state index contributed by atoms with van der Waals surface area (Å²) in [5.74, 6) is 1.04. The van der Waals surface area contributed by atoms with Crippen LogP contribution in [0.5, 0.6) is 0 Å². The molecule has 26 heavy (non-hydrogen) atoms. The lowest BCUT2D eigenvalue weighted by molar-refractivity contribution is -0.126. The molecule has 2 rings (SSSR count). The average Bonchev–Trinajstić information content (AvgIpc) is 2.93. The van der Waals surface area contributed by atoms with Crippen molar-refractivity contribution in [2.75, 3.05) is 19.6 Å². The lowest BCUT2D eigenvalue weighted by atomic mass is 9.85. The Morgan fingerprint density at radius 1 is 1.27 bits per heavy atom. The SMILES string of the molecule is Cc1noc(C)c1S(=O)(=O)N1CCC(C(C)C(=O)NCCC(C)C)CC1. The summed E-state index contributed by atoms with van der Waals surface area (Å²) in [6, 6.07) is 0. The predicted molar refractivity (Wildman–Crippen MR) is 99.1 cm³/mol. The normalized spacial score (nSPS) is 18.2. The molecule has 2 heterocycles. The van der Waals surface area contributed by atoms with Crippen LogP contribution in [-0.4, -0.2) is 43.4 Å². The van der Waals surface area contributed by atoms with Gasteiger partial charge in [-0.25, -0.2) is 8.42 Å². The first-order valence-electron chi connectivity index (χ1n) is 9.35. The number of hydrogen-bond donors (Lipinski definition) is 1. The number of hydrogen-bond acceptors (Lipinski definition) is 5. The molecule has 0 bridgehead atoms. The van der Waals surface area contributed by atoms with E-state index >= 15 is 0 Å². The third-order valence-electron chi connectivity index (χ3n) is 5.21. The van der Waals surface area contributed by atoms with E-state index in [-0.39, 0.29) is 22.6 Å². The Morgan fingerprint density at radius 3 is 2.38 bits per heavy atom. The van der Waals surface area contributed by atoms with Crippen LogP contribution >= 0.6 is 0 Å². The molecule has 0 radical (unpaired) electrons. The fraction of sp³-hybridized carbons (Fsp3) is 0.778.